The highest BCUT2D eigenvalue weighted by atomic mass is 19.1. The van der Waals surface area contributed by atoms with Gasteiger partial charge in [-0.1, -0.05) is 0 Å². The lowest BCUT2D eigenvalue weighted by molar-refractivity contribution is 0.623. The number of rotatable bonds is 2. The van der Waals surface area contributed by atoms with E-state index < -0.39 is 0 Å². The van der Waals surface area contributed by atoms with Crippen molar-refractivity contribution in [2.24, 2.45) is 0 Å². The van der Waals surface area contributed by atoms with Crippen LogP contribution in [0.5, 0.6) is 0 Å². The van der Waals surface area contributed by atoms with Crippen LogP contribution >= 0.6 is 0 Å². The highest BCUT2D eigenvalue weighted by Crippen LogP contribution is 2.25. The van der Waals surface area contributed by atoms with E-state index in [0.717, 1.165) is 16.7 Å². The number of nitrogen functional groups attached to an aromatic ring is 1. The van der Waals surface area contributed by atoms with Crippen LogP contribution in [0.15, 0.2) is 36.4 Å². The number of benzene rings is 2. The van der Waals surface area contributed by atoms with Crippen molar-refractivity contribution < 1.29 is 4.39 Å². The van der Waals surface area contributed by atoms with Gasteiger partial charge in [0, 0.05) is 11.3 Å². The van der Waals surface area contributed by atoms with E-state index in [2.05, 4.69) is 15.5 Å². The maximum atomic E-state index is 13.6. The van der Waals surface area contributed by atoms with E-state index >= 15 is 0 Å². The number of nitrogens with two attached hydrogens (primary N) is 1. The molecule has 3 rings (SSSR count). The lowest BCUT2D eigenvalue weighted by Gasteiger charge is -2.08. The number of aromatic nitrogens is 4. The summed E-state index contributed by atoms with van der Waals surface area (Å²) in [6.45, 7) is 3.76. The molecule has 0 atom stereocenters. The molecule has 0 aliphatic heterocycles. The zero-order valence-corrected chi connectivity index (χ0v) is 11.7. The third-order valence-corrected chi connectivity index (χ3v) is 3.23. The van der Waals surface area contributed by atoms with Crippen LogP contribution in [0.4, 0.5) is 10.1 Å². The fourth-order valence-electron chi connectivity index (χ4n) is 2.31. The minimum atomic E-state index is -0.319. The topological polar surface area (TPSA) is 69.6 Å². The summed E-state index contributed by atoms with van der Waals surface area (Å²) in [5.41, 5.74) is 9.65. The third kappa shape index (κ3) is 2.47. The Kier molecular flexibility index (Phi) is 3.13. The van der Waals surface area contributed by atoms with Crippen LogP contribution in [-0.4, -0.2) is 20.2 Å². The quantitative estimate of drug-likeness (QED) is 0.734. The Balaban J connectivity index is 2.17. The van der Waals surface area contributed by atoms with Gasteiger partial charge in [0.25, 0.3) is 0 Å². The Morgan fingerprint density at radius 3 is 2.62 bits per heavy atom. The van der Waals surface area contributed by atoms with Crippen molar-refractivity contribution in [3.8, 4) is 17.1 Å². The maximum Gasteiger partial charge on any atom is 0.187 e. The minimum Gasteiger partial charge on any atom is -0.399 e. The van der Waals surface area contributed by atoms with Gasteiger partial charge in [-0.3, -0.25) is 0 Å². The van der Waals surface area contributed by atoms with Crippen molar-refractivity contribution in [2.45, 2.75) is 13.8 Å². The second-order valence-corrected chi connectivity index (χ2v) is 4.98. The first-order valence-corrected chi connectivity index (χ1v) is 6.47. The van der Waals surface area contributed by atoms with Crippen molar-refractivity contribution in [1.82, 2.24) is 20.2 Å². The number of anilines is 1. The SMILES string of the molecule is Cc1cc(F)cc(-n2nnnc2-c2ccc(N)cc2C)c1. The average molecular weight is 283 g/mol. The fraction of sp³-hybridized carbons (Fsp3) is 0.133. The molecule has 0 saturated heterocycles. The Labute approximate surface area is 121 Å². The van der Waals surface area contributed by atoms with E-state index in [1.54, 1.807) is 6.07 Å². The molecule has 5 nitrogen and oxygen atoms in total. The summed E-state index contributed by atoms with van der Waals surface area (Å²) >= 11 is 0. The van der Waals surface area contributed by atoms with Gasteiger partial charge in [-0.05, 0) is 71.8 Å². The number of hydrogen-bond donors (Lipinski definition) is 1. The summed E-state index contributed by atoms with van der Waals surface area (Å²) in [4.78, 5) is 0. The first-order valence-electron chi connectivity index (χ1n) is 6.47. The zero-order valence-electron chi connectivity index (χ0n) is 11.7. The number of nitrogens with zero attached hydrogens (tertiary/aromatic N) is 4. The smallest absolute Gasteiger partial charge is 0.187 e. The molecule has 0 spiro atoms. The standard InChI is InChI=1S/C15H14FN5/c1-9-5-11(16)8-13(6-9)21-15(18-19-20-21)14-4-3-12(17)7-10(14)2/h3-8H,17H2,1-2H3. The monoisotopic (exact) mass is 283 g/mol. The van der Waals surface area contributed by atoms with Crippen molar-refractivity contribution in [3.05, 3.63) is 53.3 Å². The number of tetrazole rings is 1. The third-order valence-electron chi connectivity index (χ3n) is 3.23. The Morgan fingerprint density at radius 1 is 1.10 bits per heavy atom. The summed E-state index contributed by atoms with van der Waals surface area (Å²) in [6, 6.07) is 10.2. The van der Waals surface area contributed by atoms with Gasteiger partial charge < -0.3 is 5.73 Å². The van der Waals surface area contributed by atoms with Gasteiger partial charge >= 0.3 is 0 Å². The molecule has 0 bridgehead atoms. The largest absolute Gasteiger partial charge is 0.399 e. The normalized spacial score (nSPS) is 10.8. The van der Waals surface area contributed by atoms with Gasteiger partial charge in [-0.25, -0.2) is 4.39 Å². The van der Waals surface area contributed by atoms with Crippen LogP contribution in [0.1, 0.15) is 11.1 Å². The van der Waals surface area contributed by atoms with E-state index in [1.165, 1.54) is 16.8 Å². The molecule has 0 saturated carbocycles. The summed E-state index contributed by atoms with van der Waals surface area (Å²) in [6.07, 6.45) is 0. The first kappa shape index (κ1) is 13.2. The molecule has 2 aromatic carbocycles. The van der Waals surface area contributed by atoms with Crippen LogP contribution in [0.2, 0.25) is 0 Å². The number of aryl methyl sites for hydroxylation is 2. The second kappa shape index (κ2) is 4.97. The lowest BCUT2D eigenvalue weighted by atomic mass is 10.1. The van der Waals surface area contributed by atoms with E-state index in [4.69, 9.17) is 5.73 Å². The van der Waals surface area contributed by atoms with Crippen LogP contribution < -0.4 is 5.73 Å². The molecule has 0 radical (unpaired) electrons. The molecule has 0 fully saturated rings. The highest BCUT2D eigenvalue weighted by molar-refractivity contribution is 5.65. The van der Waals surface area contributed by atoms with Crippen LogP contribution in [0.3, 0.4) is 0 Å². The first-order chi connectivity index (χ1) is 10.0. The van der Waals surface area contributed by atoms with Gasteiger partial charge in [0.1, 0.15) is 5.82 Å². The molecular formula is C15H14FN5. The van der Waals surface area contributed by atoms with Gasteiger partial charge in [-0.2, -0.15) is 4.68 Å². The Hall–Kier alpha value is -2.76. The summed E-state index contributed by atoms with van der Waals surface area (Å²) < 4.78 is 15.1. The Morgan fingerprint density at radius 2 is 1.90 bits per heavy atom. The summed E-state index contributed by atoms with van der Waals surface area (Å²) in [7, 11) is 0. The van der Waals surface area contributed by atoms with E-state index in [1.807, 2.05) is 32.0 Å². The van der Waals surface area contributed by atoms with E-state index in [-0.39, 0.29) is 5.82 Å². The molecule has 0 aliphatic carbocycles. The van der Waals surface area contributed by atoms with Gasteiger partial charge in [0.15, 0.2) is 5.82 Å². The number of halogens is 1. The number of hydrogen-bond acceptors (Lipinski definition) is 4. The van der Waals surface area contributed by atoms with Gasteiger partial charge in [0.05, 0.1) is 5.69 Å². The van der Waals surface area contributed by atoms with Crippen molar-refractivity contribution >= 4 is 5.69 Å². The molecule has 1 heterocycles. The molecule has 6 heteroatoms. The van der Waals surface area contributed by atoms with Crippen LogP contribution in [0.25, 0.3) is 17.1 Å². The predicted octanol–water partition coefficient (Wildman–Crippen LogP) is 2.67. The highest BCUT2D eigenvalue weighted by Gasteiger charge is 2.14. The molecule has 2 N–H and O–H groups in total. The molecule has 3 aromatic rings. The summed E-state index contributed by atoms with van der Waals surface area (Å²) in [5.74, 6) is 0.234. The molecule has 0 aliphatic rings. The maximum absolute atomic E-state index is 13.6. The molecular weight excluding hydrogens is 269 g/mol. The van der Waals surface area contributed by atoms with Gasteiger partial charge in [0.2, 0.25) is 0 Å². The van der Waals surface area contributed by atoms with E-state index in [9.17, 15) is 4.39 Å². The van der Waals surface area contributed by atoms with Crippen molar-refractivity contribution in [3.63, 3.8) is 0 Å². The molecule has 0 unspecified atom stereocenters. The van der Waals surface area contributed by atoms with Gasteiger partial charge in [-0.15, -0.1) is 5.10 Å². The zero-order chi connectivity index (χ0) is 15.0. The van der Waals surface area contributed by atoms with Crippen LogP contribution in [-0.2, 0) is 0 Å². The van der Waals surface area contributed by atoms with Crippen LogP contribution in [0, 0.1) is 19.7 Å². The molecule has 106 valence electrons. The van der Waals surface area contributed by atoms with Crippen molar-refractivity contribution in [2.75, 3.05) is 5.73 Å². The summed E-state index contributed by atoms with van der Waals surface area (Å²) in [5, 5.41) is 11.7. The fourth-order valence-corrected chi connectivity index (χ4v) is 2.31. The van der Waals surface area contributed by atoms with E-state index in [0.29, 0.717) is 17.2 Å². The molecule has 1 aromatic heterocycles. The Bertz CT molecular complexity index is 789. The predicted molar refractivity (Wildman–Crippen MR) is 78.4 cm³/mol. The molecule has 0 amide bonds. The molecule has 21 heavy (non-hydrogen) atoms. The van der Waals surface area contributed by atoms with Crippen molar-refractivity contribution in [1.29, 1.82) is 0 Å². The second-order valence-electron chi connectivity index (χ2n) is 4.98. The average Bonchev–Trinajstić information content (AvgIpc) is 2.86. The minimum absolute atomic E-state index is 0.319. The lowest BCUT2D eigenvalue weighted by Crippen LogP contribution is -2.02.